The summed E-state index contributed by atoms with van der Waals surface area (Å²) in [4.78, 5) is 10.4. The SMILES string of the molecule is NC(=O)NN=C1CCCCCSC1. The number of urea groups is 1. The molecule has 0 saturated carbocycles. The zero-order chi connectivity index (χ0) is 9.52. The van der Waals surface area contributed by atoms with Crippen LogP contribution in [0.2, 0.25) is 0 Å². The predicted octanol–water partition coefficient (Wildman–Crippen LogP) is 1.32. The molecule has 0 aromatic rings. The molecular weight excluding hydrogens is 186 g/mol. The van der Waals surface area contributed by atoms with Crippen molar-refractivity contribution in [2.24, 2.45) is 10.8 Å². The van der Waals surface area contributed by atoms with E-state index >= 15 is 0 Å². The second-order valence-corrected chi connectivity index (χ2v) is 4.12. The van der Waals surface area contributed by atoms with E-state index in [0.717, 1.165) is 17.9 Å². The molecule has 1 aliphatic heterocycles. The second kappa shape index (κ2) is 5.85. The molecule has 0 unspecified atom stereocenters. The van der Waals surface area contributed by atoms with Gasteiger partial charge in [0.05, 0.1) is 0 Å². The molecule has 3 N–H and O–H groups in total. The smallest absolute Gasteiger partial charge is 0.332 e. The van der Waals surface area contributed by atoms with Gasteiger partial charge in [0.2, 0.25) is 0 Å². The van der Waals surface area contributed by atoms with E-state index in [1.807, 2.05) is 11.8 Å². The van der Waals surface area contributed by atoms with Crippen molar-refractivity contribution in [3.05, 3.63) is 0 Å². The molecule has 1 saturated heterocycles. The summed E-state index contributed by atoms with van der Waals surface area (Å²) in [6.07, 6.45) is 4.69. The summed E-state index contributed by atoms with van der Waals surface area (Å²) in [7, 11) is 0. The molecular formula is C8H15N3OS. The quantitative estimate of drug-likeness (QED) is 0.628. The third-order valence-corrected chi connectivity index (χ3v) is 2.96. The minimum absolute atomic E-state index is 0.584. The van der Waals surface area contributed by atoms with Gasteiger partial charge in [-0.25, -0.2) is 10.2 Å². The number of carbonyl (C=O) groups excluding carboxylic acids is 1. The number of carbonyl (C=O) groups is 1. The number of hydrazone groups is 1. The van der Waals surface area contributed by atoms with Crippen molar-refractivity contribution in [3.8, 4) is 0 Å². The first-order chi connectivity index (χ1) is 6.29. The second-order valence-electron chi connectivity index (χ2n) is 3.02. The highest BCUT2D eigenvalue weighted by Gasteiger charge is 2.04. The van der Waals surface area contributed by atoms with E-state index in [0.29, 0.717) is 0 Å². The van der Waals surface area contributed by atoms with Crippen LogP contribution >= 0.6 is 11.8 Å². The normalized spacial score (nSPS) is 22.0. The molecule has 0 aromatic carbocycles. The number of thioether (sulfide) groups is 1. The monoisotopic (exact) mass is 201 g/mol. The maximum absolute atomic E-state index is 10.4. The average molecular weight is 201 g/mol. The molecule has 1 aliphatic rings. The molecule has 0 aliphatic carbocycles. The predicted molar refractivity (Wildman–Crippen MR) is 55.9 cm³/mol. The van der Waals surface area contributed by atoms with E-state index in [1.165, 1.54) is 25.0 Å². The molecule has 4 nitrogen and oxygen atoms in total. The first kappa shape index (κ1) is 10.4. The Bertz CT molecular complexity index is 196. The van der Waals surface area contributed by atoms with Crippen LogP contribution in [0.25, 0.3) is 0 Å². The zero-order valence-electron chi connectivity index (χ0n) is 7.58. The van der Waals surface area contributed by atoms with Crippen LogP contribution in [-0.2, 0) is 0 Å². The molecule has 2 amide bonds. The van der Waals surface area contributed by atoms with E-state index in [4.69, 9.17) is 5.73 Å². The summed E-state index contributed by atoms with van der Waals surface area (Å²) in [5, 5.41) is 3.96. The highest BCUT2D eigenvalue weighted by Crippen LogP contribution is 2.14. The van der Waals surface area contributed by atoms with Crippen molar-refractivity contribution in [1.82, 2.24) is 5.43 Å². The van der Waals surface area contributed by atoms with Crippen LogP contribution in [0.5, 0.6) is 0 Å². The van der Waals surface area contributed by atoms with Crippen molar-refractivity contribution in [1.29, 1.82) is 0 Å². The van der Waals surface area contributed by atoms with Crippen LogP contribution in [0.3, 0.4) is 0 Å². The Morgan fingerprint density at radius 1 is 1.46 bits per heavy atom. The van der Waals surface area contributed by atoms with Gasteiger partial charge in [-0.1, -0.05) is 6.42 Å². The van der Waals surface area contributed by atoms with Crippen molar-refractivity contribution in [2.75, 3.05) is 11.5 Å². The zero-order valence-corrected chi connectivity index (χ0v) is 8.40. The van der Waals surface area contributed by atoms with E-state index < -0.39 is 6.03 Å². The topological polar surface area (TPSA) is 67.5 Å². The lowest BCUT2D eigenvalue weighted by molar-refractivity contribution is 0.249. The summed E-state index contributed by atoms with van der Waals surface area (Å²) >= 11 is 1.87. The molecule has 74 valence electrons. The largest absolute Gasteiger partial charge is 0.350 e. The Morgan fingerprint density at radius 2 is 2.31 bits per heavy atom. The molecule has 0 atom stereocenters. The molecule has 0 bridgehead atoms. The van der Waals surface area contributed by atoms with Gasteiger partial charge in [0, 0.05) is 11.5 Å². The van der Waals surface area contributed by atoms with Gasteiger partial charge in [-0.3, -0.25) is 0 Å². The van der Waals surface area contributed by atoms with Crippen molar-refractivity contribution >= 4 is 23.5 Å². The van der Waals surface area contributed by atoms with Crippen LogP contribution in [0, 0.1) is 0 Å². The fourth-order valence-electron chi connectivity index (χ4n) is 1.19. The molecule has 0 radical (unpaired) electrons. The number of hydrogen-bond acceptors (Lipinski definition) is 3. The van der Waals surface area contributed by atoms with Gasteiger partial charge in [0.25, 0.3) is 0 Å². The highest BCUT2D eigenvalue weighted by molar-refractivity contribution is 7.99. The molecule has 1 rings (SSSR count). The fraction of sp³-hybridized carbons (Fsp3) is 0.750. The van der Waals surface area contributed by atoms with Gasteiger partial charge in [0.1, 0.15) is 0 Å². The van der Waals surface area contributed by atoms with Crippen LogP contribution in [0.1, 0.15) is 25.7 Å². The fourth-order valence-corrected chi connectivity index (χ4v) is 2.19. The van der Waals surface area contributed by atoms with E-state index in [-0.39, 0.29) is 0 Å². The number of rotatable bonds is 1. The molecule has 1 heterocycles. The van der Waals surface area contributed by atoms with Crippen LogP contribution in [0.15, 0.2) is 5.10 Å². The number of nitrogens with zero attached hydrogens (tertiary/aromatic N) is 1. The van der Waals surface area contributed by atoms with Crippen molar-refractivity contribution in [3.63, 3.8) is 0 Å². The first-order valence-corrected chi connectivity index (χ1v) is 5.63. The third-order valence-electron chi connectivity index (χ3n) is 1.85. The Labute approximate surface area is 82.3 Å². The summed E-state index contributed by atoms with van der Waals surface area (Å²) in [5.41, 5.74) is 8.24. The average Bonchev–Trinajstić information content (AvgIpc) is 2.01. The van der Waals surface area contributed by atoms with Gasteiger partial charge in [0.15, 0.2) is 0 Å². The van der Waals surface area contributed by atoms with Crippen LogP contribution in [0.4, 0.5) is 4.79 Å². The lowest BCUT2D eigenvalue weighted by Gasteiger charge is -2.10. The standard InChI is InChI=1S/C8H15N3OS/c9-8(12)11-10-7-4-2-1-3-5-13-6-7/h1-6H2,(H3,9,11,12). The molecule has 13 heavy (non-hydrogen) atoms. The van der Waals surface area contributed by atoms with Crippen LogP contribution < -0.4 is 11.2 Å². The summed E-state index contributed by atoms with van der Waals surface area (Å²) < 4.78 is 0. The Hall–Kier alpha value is -0.710. The highest BCUT2D eigenvalue weighted by atomic mass is 32.2. The van der Waals surface area contributed by atoms with Crippen molar-refractivity contribution in [2.45, 2.75) is 25.7 Å². The third kappa shape index (κ3) is 4.77. The lowest BCUT2D eigenvalue weighted by Crippen LogP contribution is -2.26. The maximum Gasteiger partial charge on any atom is 0.332 e. The number of primary amides is 1. The Balaban J connectivity index is 2.36. The van der Waals surface area contributed by atoms with E-state index in [2.05, 4.69) is 10.5 Å². The number of hydrogen-bond donors (Lipinski definition) is 2. The minimum Gasteiger partial charge on any atom is -0.350 e. The Kier molecular flexibility index (Phi) is 4.67. The number of nitrogens with one attached hydrogen (secondary N) is 1. The molecule has 0 spiro atoms. The van der Waals surface area contributed by atoms with E-state index in [9.17, 15) is 4.79 Å². The number of amides is 2. The maximum atomic E-state index is 10.4. The lowest BCUT2D eigenvalue weighted by atomic mass is 10.1. The molecule has 5 heteroatoms. The number of nitrogens with two attached hydrogens (primary N) is 1. The van der Waals surface area contributed by atoms with Gasteiger partial charge in [-0.15, -0.1) is 0 Å². The van der Waals surface area contributed by atoms with E-state index in [1.54, 1.807) is 0 Å². The van der Waals surface area contributed by atoms with Gasteiger partial charge in [-0.2, -0.15) is 16.9 Å². The van der Waals surface area contributed by atoms with Gasteiger partial charge < -0.3 is 5.73 Å². The first-order valence-electron chi connectivity index (χ1n) is 4.47. The Morgan fingerprint density at radius 3 is 3.08 bits per heavy atom. The summed E-state index contributed by atoms with van der Waals surface area (Å²) in [6.45, 7) is 0. The molecule has 1 fully saturated rings. The summed E-state index contributed by atoms with van der Waals surface area (Å²) in [6, 6.07) is -0.584. The van der Waals surface area contributed by atoms with Gasteiger partial charge >= 0.3 is 6.03 Å². The molecule has 0 aromatic heterocycles. The van der Waals surface area contributed by atoms with Crippen molar-refractivity contribution < 1.29 is 4.79 Å². The summed E-state index contributed by atoms with van der Waals surface area (Å²) in [5.74, 6) is 2.11. The minimum atomic E-state index is -0.584. The van der Waals surface area contributed by atoms with Crippen LogP contribution in [-0.4, -0.2) is 23.2 Å². The van der Waals surface area contributed by atoms with Gasteiger partial charge in [-0.05, 0) is 25.0 Å².